The molecular formula is C17H14ClNO4. The van der Waals surface area contributed by atoms with Crippen molar-refractivity contribution in [3.05, 3.63) is 59.9 Å². The molecule has 0 atom stereocenters. The Morgan fingerprint density at radius 2 is 1.74 bits per heavy atom. The van der Waals surface area contributed by atoms with Crippen LogP contribution in [0.1, 0.15) is 16.2 Å². The number of halogens is 1. The monoisotopic (exact) mass is 331 g/mol. The number of aryl methyl sites for hydroxylation is 1. The first-order valence-corrected chi connectivity index (χ1v) is 6.66. The van der Waals surface area contributed by atoms with Crippen LogP contribution in [0.4, 0.5) is 0 Å². The molecule has 3 rings (SSSR count). The van der Waals surface area contributed by atoms with Crippen LogP contribution in [0.3, 0.4) is 0 Å². The van der Waals surface area contributed by atoms with Crippen LogP contribution in [0.15, 0.2) is 48.5 Å². The lowest BCUT2D eigenvalue weighted by Crippen LogP contribution is -2.03. The average molecular weight is 332 g/mol. The molecule has 1 heterocycles. The third-order valence-corrected chi connectivity index (χ3v) is 3.32. The van der Waals surface area contributed by atoms with Crippen LogP contribution >= 0.6 is 12.4 Å². The smallest absolute Gasteiger partial charge is 0.358 e. The van der Waals surface area contributed by atoms with Crippen molar-refractivity contribution in [3.63, 3.8) is 0 Å². The number of hydrogen-bond donors (Lipinski definition) is 2. The molecule has 0 aliphatic rings. The second-order valence-corrected chi connectivity index (χ2v) is 4.82. The number of pyridine rings is 1. The molecule has 0 aliphatic heterocycles. The molecule has 0 bridgehead atoms. The van der Waals surface area contributed by atoms with E-state index in [4.69, 9.17) is 9.84 Å². The first-order chi connectivity index (χ1) is 10.6. The van der Waals surface area contributed by atoms with Gasteiger partial charge in [-0.3, -0.25) is 0 Å². The summed E-state index contributed by atoms with van der Waals surface area (Å²) in [6.07, 6.45) is 0. The quantitative estimate of drug-likeness (QED) is 0.753. The lowest BCUT2D eigenvalue weighted by atomic mass is 10.1. The van der Waals surface area contributed by atoms with E-state index in [1.807, 2.05) is 30.3 Å². The molecule has 0 unspecified atom stereocenters. The Morgan fingerprint density at radius 3 is 2.39 bits per heavy atom. The van der Waals surface area contributed by atoms with Crippen molar-refractivity contribution in [3.8, 4) is 17.2 Å². The highest BCUT2D eigenvalue weighted by Gasteiger charge is 2.17. The van der Waals surface area contributed by atoms with Gasteiger partial charge in [-0.1, -0.05) is 18.2 Å². The minimum atomic E-state index is -1.26. The van der Waals surface area contributed by atoms with Crippen molar-refractivity contribution in [2.45, 2.75) is 6.92 Å². The van der Waals surface area contributed by atoms with Gasteiger partial charge in [0.25, 0.3) is 0 Å². The summed E-state index contributed by atoms with van der Waals surface area (Å²) in [5.74, 6) is -0.309. The van der Waals surface area contributed by atoms with Crippen LogP contribution in [0.25, 0.3) is 10.8 Å². The van der Waals surface area contributed by atoms with Gasteiger partial charge in [0, 0.05) is 16.5 Å². The highest BCUT2D eigenvalue weighted by atomic mass is 35.5. The number of aromatic nitrogens is 1. The van der Waals surface area contributed by atoms with Crippen molar-refractivity contribution in [1.29, 1.82) is 0 Å². The highest BCUT2D eigenvalue weighted by molar-refractivity contribution is 5.99. The van der Waals surface area contributed by atoms with E-state index < -0.39 is 5.97 Å². The molecule has 2 aromatic carbocycles. The van der Waals surface area contributed by atoms with E-state index in [9.17, 15) is 9.90 Å². The summed E-state index contributed by atoms with van der Waals surface area (Å²) in [6.45, 7) is 1.69. The Kier molecular flexibility index (Phi) is 4.71. The maximum absolute atomic E-state index is 11.1. The van der Waals surface area contributed by atoms with Crippen molar-refractivity contribution in [1.82, 2.24) is 4.98 Å². The van der Waals surface area contributed by atoms with Crippen molar-refractivity contribution in [2.24, 2.45) is 0 Å². The Balaban J connectivity index is 0.00000192. The second-order valence-electron chi connectivity index (χ2n) is 4.82. The molecule has 0 saturated heterocycles. The van der Waals surface area contributed by atoms with E-state index in [0.717, 1.165) is 0 Å². The summed E-state index contributed by atoms with van der Waals surface area (Å²) in [4.78, 5) is 15.0. The average Bonchev–Trinajstić information content (AvgIpc) is 2.51. The standard InChI is InChI=1S/C17H13NO4.ClH/c1-10-14-9-12(22-11-5-3-2-4-6-11)7-8-13(14)16(19)15(18-10)17(20)21;/h2-9,19H,1H3,(H,20,21);1H. The zero-order valence-corrected chi connectivity index (χ0v) is 13.0. The van der Waals surface area contributed by atoms with E-state index in [1.165, 1.54) is 0 Å². The number of aromatic carboxylic acids is 1. The van der Waals surface area contributed by atoms with E-state index >= 15 is 0 Å². The van der Waals surface area contributed by atoms with Gasteiger partial charge in [0.05, 0.1) is 0 Å². The van der Waals surface area contributed by atoms with Gasteiger partial charge in [-0.25, -0.2) is 9.78 Å². The summed E-state index contributed by atoms with van der Waals surface area (Å²) in [7, 11) is 0. The van der Waals surface area contributed by atoms with Gasteiger partial charge in [0.15, 0.2) is 11.4 Å². The fourth-order valence-electron chi connectivity index (χ4n) is 2.27. The van der Waals surface area contributed by atoms with Crippen LogP contribution in [0, 0.1) is 6.92 Å². The largest absolute Gasteiger partial charge is 0.505 e. The first-order valence-electron chi connectivity index (χ1n) is 6.66. The zero-order chi connectivity index (χ0) is 15.7. The van der Waals surface area contributed by atoms with Crippen LogP contribution < -0.4 is 4.74 Å². The molecule has 0 radical (unpaired) electrons. The molecule has 118 valence electrons. The summed E-state index contributed by atoms with van der Waals surface area (Å²) in [6, 6.07) is 14.3. The molecule has 6 heteroatoms. The van der Waals surface area contributed by atoms with E-state index in [1.54, 1.807) is 25.1 Å². The van der Waals surface area contributed by atoms with E-state index in [-0.39, 0.29) is 23.9 Å². The number of carboxylic acids is 1. The maximum atomic E-state index is 11.1. The molecular weight excluding hydrogens is 318 g/mol. The predicted molar refractivity (Wildman–Crippen MR) is 88.9 cm³/mol. The predicted octanol–water partition coefficient (Wildman–Crippen LogP) is 4.16. The third kappa shape index (κ3) is 3.19. The van der Waals surface area contributed by atoms with Gasteiger partial charge in [-0.2, -0.15) is 0 Å². The topological polar surface area (TPSA) is 79.7 Å². The normalized spacial score (nSPS) is 10.1. The number of nitrogens with zero attached hydrogens (tertiary/aromatic N) is 1. The van der Waals surface area contributed by atoms with Crippen molar-refractivity contribution >= 4 is 29.1 Å². The number of benzene rings is 2. The number of ether oxygens (including phenoxy) is 1. The highest BCUT2D eigenvalue weighted by Crippen LogP contribution is 2.33. The molecule has 0 spiro atoms. The molecule has 5 nitrogen and oxygen atoms in total. The van der Waals surface area contributed by atoms with Crippen LogP contribution in [-0.4, -0.2) is 21.2 Å². The lowest BCUT2D eigenvalue weighted by Gasteiger charge is -2.10. The van der Waals surface area contributed by atoms with Gasteiger partial charge >= 0.3 is 5.97 Å². The number of fused-ring (bicyclic) bond motifs is 1. The Morgan fingerprint density at radius 1 is 1.04 bits per heavy atom. The number of hydrogen-bond acceptors (Lipinski definition) is 4. The molecule has 2 N–H and O–H groups in total. The maximum Gasteiger partial charge on any atom is 0.358 e. The Bertz CT molecular complexity index is 865. The Labute approximate surface area is 138 Å². The summed E-state index contributed by atoms with van der Waals surface area (Å²) < 4.78 is 5.73. The van der Waals surface area contributed by atoms with Crippen LogP contribution in [0.2, 0.25) is 0 Å². The molecule has 23 heavy (non-hydrogen) atoms. The van der Waals surface area contributed by atoms with Gasteiger partial charge < -0.3 is 14.9 Å². The third-order valence-electron chi connectivity index (χ3n) is 3.32. The number of rotatable bonds is 3. The fourth-order valence-corrected chi connectivity index (χ4v) is 2.27. The number of carboxylic acid groups (broad SMARTS) is 1. The van der Waals surface area contributed by atoms with E-state index in [2.05, 4.69) is 4.98 Å². The number of para-hydroxylation sites is 1. The minimum absolute atomic E-state index is 0. The number of carbonyl (C=O) groups is 1. The lowest BCUT2D eigenvalue weighted by molar-refractivity contribution is 0.0687. The molecule has 0 fully saturated rings. The summed E-state index contributed by atoms with van der Waals surface area (Å²) in [5, 5.41) is 20.2. The molecule has 3 aromatic rings. The number of aromatic hydroxyl groups is 1. The zero-order valence-electron chi connectivity index (χ0n) is 12.2. The molecule has 1 aromatic heterocycles. The SMILES string of the molecule is Cc1nc(C(=O)O)c(O)c2ccc(Oc3ccccc3)cc12.Cl. The summed E-state index contributed by atoms with van der Waals surface area (Å²) >= 11 is 0. The van der Waals surface area contributed by atoms with Crippen molar-refractivity contribution in [2.75, 3.05) is 0 Å². The van der Waals surface area contributed by atoms with E-state index in [0.29, 0.717) is 28.0 Å². The molecule has 0 saturated carbocycles. The Hall–Kier alpha value is -2.79. The van der Waals surface area contributed by atoms with Crippen LogP contribution in [0.5, 0.6) is 17.2 Å². The minimum Gasteiger partial charge on any atom is -0.505 e. The summed E-state index contributed by atoms with van der Waals surface area (Å²) in [5.41, 5.74) is 0.172. The molecule has 0 amide bonds. The molecule has 0 aliphatic carbocycles. The van der Waals surface area contributed by atoms with Gasteiger partial charge in [0.1, 0.15) is 11.5 Å². The fraction of sp³-hybridized carbons (Fsp3) is 0.0588. The van der Waals surface area contributed by atoms with Gasteiger partial charge in [-0.05, 0) is 37.3 Å². The second kappa shape index (κ2) is 6.54. The van der Waals surface area contributed by atoms with Gasteiger partial charge in [-0.15, -0.1) is 12.4 Å². The first kappa shape index (κ1) is 16.6. The van der Waals surface area contributed by atoms with Crippen LogP contribution in [-0.2, 0) is 0 Å². The van der Waals surface area contributed by atoms with Gasteiger partial charge in [0.2, 0.25) is 0 Å². The van der Waals surface area contributed by atoms with Crippen molar-refractivity contribution < 1.29 is 19.7 Å².